The van der Waals surface area contributed by atoms with Crippen LogP contribution in [0.4, 0.5) is 5.69 Å². The highest BCUT2D eigenvalue weighted by atomic mass is 35.5. The number of carbonyl (C=O) groups is 1. The average molecular weight is 463 g/mol. The maximum absolute atomic E-state index is 12.5. The number of halogens is 1. The van der Waals surface area contributed by atoms with Crippen LogP contribution in [0.15, 0.2) is 81.4 Å². The first-order chi connectivity index (χ1) is 15.9. The maximum Gasteiger partial charge on any atom is 0.349 e. The highest BCUT2D eigenvalue weighted by Crippen LogP contribution is 2.25. The van der Waals surface area contributed by atoms with Crippen molar-refractivity contribution in [3.63, 3.8) is 0 Å². The summed E-state index contributed by atoms with van der Waals surface area (Å²) in [6.07, 6.45) is 1.34. The number of rotatable bonds is 6. The zero-order valence-electron chi connectivity index (χ0n) is 17.5. The van der Waals surface area contributed by atoms with E-state index in [1.165, 1.54) is 6.21 Å². The first-order valence-electron chi connectivity index (χ1n) is 9.98. The summed E-state index contributed by atoms with van der Waals surface area (Å²) in [5.74, 6) is -0.00428. The van der Waals surface area contributed by atoms with E-state index in [-0.39, 0.29) is 17.5 Å². The molecular formula is C24H19ClN4O4. The Kier molecular flexibility index (Phi) is 6.37. The molecule has 0 aliphatic heterocycles. The van der Waals surface area contributed by atoms with Crippen molar-refractivity contribution >= 4 is 40.3 Å². The number of anilines is 1. The Morgan fingerprint density at radius 2 is 1.88 bits per heavy atom. The normalized spacial score (nSPS) is 11.1. The van der Waals surface area contributed by atoms with Crippen LogP contribution >= 0.6 is 11.6 Å². The number of carbonyl (C=O) groups excluding carboxylic acids is 1. The summed E-state index contributed by atoms with van der Waals surface area (Å²) in [7, 11) is 0. The van der Waals surface area contributed by atoms with Gasteiger partial charge in [0.2, 0.25) is 0 Å². The minimum Gasteiger partial charge on any atom is -0.482 e. The van der Waals surface area contributed by atoms with Gasteiger partial charge in [0.1, 0.15) is 5.75 Å². The lowest BCUT2D eigenvalue weighted by Crippen LogP contribution is -2.32. The number of para-hydroxylation sites is 2. The number of hydrogen-bond donors (Lipinski definition) is 2. The highest BCUT2D eigenvalue weighted by Gasteiger charge is 2.09. The molecule has 2 N–H and O–H groups in total. The molecule has 0 aliphatic rings. The van der Waals surface area contributed by atoms with Gasteiger partial charge in [-0.1, -0.05) is 41.9 Å². The Bertz CT molecular complexity index is 1490. The summed E-state index contributed by atoms with van der Waals surface area (Å²) >= 11 is 6.27. The lowest BCUT2D eigenvalue weighted by atomic mass is 10.2. The predicted octanol–water partition coefficient (Wildman–Crippen LogP) is 3.55. The topological polar surface area (TPSA) is 106 Å². The van der Waals surface area contributed by atoms with Crippen molar-refractivity contribution in [2.75, 3.05) is 11.9 Å². The van der Waals surface area contributed by atoms with Gasteiger partial charge >= 0.3 is 5.69 Å². The van der Waals surface area contributed by atoms with E-state index in [1.54, 1.807) is 48.5 Å². The summed E-state index contributed by atoms with van der Waals surface area (Å²) in [6, 6.07) is 18.9. The SMILES string of the molecule is Cc1ccccc1NC(=O)COc1ccc(C=Nn2c(=O)[nH]c3ccccc3c2=O)cc1Cl. The second kappa shape index (κ2) is 9.54. The van der Waals surface area contributed by atoms with Crippen LogP contribution in [0.2, 0.25) is 5.02 Å². The van der Waals surface area contributed by atoms with Crippen LogP contribution in [0.1, 0.15) is 11.1 Å². The van der Waals surface area contributed by atoms with Crippen LogP contribution in [0.5, 0.6) is 5.75 Å². The molecule has 4 rings (SSSR count). The van der Waals surface area contributed by atoms with Crippen LogP contribution < -0.4 is 21.3 Å². The number of aromatic amines is 1. The van der Waals surface area contributed by atoms with E-state index in [9.17, 15) is 14.4 Å². The summed E-state index contributed by atoms with van der Waals surface area (Å²) in [6.45, 7) is 1.68. The van der Waals surface area contributed by atoms with Crippen LogP contribution in [0.25, 0.3) is 10.9 Å². The number of amides is 1. The first kappa shape index (κ1) is 22.0. The van der Waals surface area contributed by atoms with E-state index in [2.05, 4.69) is 15.4 Å². The monoisotopic (exact) mass is 462 g/mol. The van der Waals surface area contributed by atoms with Crippen LogP contribution in [-0.2, 0) is 4.79 Å². The number of aryl methyl sites for hydroxylation is 1. The molecule has 0 saturated carbocycles. The molecule has 8 nitrogen and oxygen atoms in total. The Hall–Kier alpha value is -4.17. The van der Waals surface area contributed by atoms with Crippen molar-refractivity contribution in [2.45, 2.75) is 6.92 Å². The number of H-pyrrole nitrogens is 1. The van der Waals surface area contributed by atoms with Crippen LogP contribution in [-0.4, -0.2) is 28.4 Å². The third-order valence-electron chi connectivity index (χ3n) is 4.84. The zero-order chi connectivity index (χ0) is 23.4. The van der Waals surface area contributed by atoms with Crippen molar-refractivity contribution in [2.24, 2.45) is 5.10 Å². The lowest BCUT2D eigenvalue weighted by molar-refractivity contribution is -0.118. The number of hydrogen-bond acceptors (Lipinski definition) is 5. The van der Waals surface area contributed by atoms with E-state index >= 15 is 0 Å². The van der Waals surface area contributed by atoms with E-state index in [1.807, 2.05) is 25.1 Å². The van der Waals surface area contributed by atoms with Gasteiger partial charge in [0.05, 0.1) is 22.1 Å². The molecular weight excluding hydrogens is 444 g/mol. The molecule has 9 heteroatoms. The summed E-state index contributed by atoms with van der Waals surface area (Å²) in [4.78, 5) is 39.5. The second-order valence-electron chi connectivity index (χ2n) is 7.18. The molecule has 0 atom stereocenters. The van der Waals surface area contributed by atoms with E-state index < -0.39 is 11.2 Å². The molecule has 0 radical (unpaired) electrons. The van der Waals surface area contributed by atoms with Crippen LogP contribution in [0, 0.1) is 6.92 Å². The number of benzene rings is 3. The molecule has 1 amide bonds. The molecule has 0 bridgehead atoms. The van der Waals surface area contributed by atoms with Gasteiger partial charge in [-0.05, 0) is 54.4 Å². The Morgan fingerprint density at radius 3 is 2.67 bits per heavy atom. The number of fused-ring (bicyclic) bond motifs is 1. The van der Waals surface area contributed by atoms with E-state index in [0.717, 1.165) is 10.2 Å². The van der Waals surface area contributed by atoms with E-state index in [0.29, 0.717) is 27.9 Å². The van der Waals surface area contributed by atoms with Gasteiger partial charge < -0.3 is 15.0 Å². The number of nitrogens with one attached hydrogen (secondary N) is 2. The van der Waals surface area contributed by atoms with Crippen molar-refractivity contribution in [3.05, 3.63) is 104 Å². The average Bonchev–Trinajstić information content (AvgIpc) is 2.80. The van der Waals surface area contributed by atoms with Crippen molar-refractivity contribution in [1.82, 2.24) is 9.66 Å². The molecule has 0 spiro atoms. The Balaban J connectivity index is 1.46. The largest absolute Gasteiger partial charge is 0.482 e. The summed E-state index contributed by atoms with van der Waals surface area (Å²) in [5, 5.41) is 7.38. The molecule has 3 aromatic carbocycles. The van der Waals surface area contributed by atoms with Gasteiger partial charge in [0.25, 0.3) is 11.5 Å². The molecule has 4 aromatic rings. The van der Waals surface area contributed by atoms with Gasteiger partial charge in [0.15, 0.2) is 6.61 Å². The third-order valence-corrected chi connectivity index (χ3v) is 5.14. The van der Waals surface area contributed by atoms with Gasteiger partial charge in [-0.15, -0.1) is 4.68 Å². The van der Waals surface area contributed by atoms with Gasteiger partial charge in [-0.2, -0.15) is 5.10 Å². The van der Waals surface area contributed by atoms with Gasteiger partial charge in [-0.3, -0.25) is 9.59 Å². The smallest absolute Gasteiger partial charge is 0.349 e. The lowest BCUT2D eigenvalue weighted by Gasteiger charge is -2.10. The predicted molar refractivity (Wildman–Crippen MR) is 129 cm³/mol. The fraction of sp³-hybridized carbons (Fsp3) is 0.0833. The summed E-state index contributed by atoms with van der Waals surface area (Å²) in [5.41, 5.74) is 1.45. The highest BCUT2D eigenvalue weighted by molar-refractivity contribution is 6.32. The van der Waals surface area contributed by atoms with Crippen LogP contribution in [0.3, 0.4) is 0 Å². The standard InChI is InChI=1S/C24H19ClN4O4/c1-15-6-2-4-8-19(15)27-22(30)14-33-21-11-10-16(12-18(21)25)13-26-29-23(31)17-7-3-5-9-20(17)28-24(29)32/h2-13H,14H2,1H3,(H,27,30)(H,28,32). The Labute approximate surface area is 193 Å². The fourth-order valence-corrected chi connectivity index (χ4v) is 3.38. The van der Waals surface area contributed by atoms with Crippen molar-refractivity contribution in [3.8, 4) is 5.75 Å². The molecule has 1 aromatic heterocycles. The quantitative estimate of drug-likeness (QED) is 0.427. The third kappa shape index (κ3) is 5.02. The molecule has 166 valence electrons. The van der Waals surface area contributed by atoms with Gasteiger partial charge in [0, 0.05) is 5.69 Å². The molecule has 0 aliphatic carbocycles. The number of aromatic nitrogens is 2. The molecule has 1 heterocycles. The Morgan fingerprint density at radius 1 is 1.12 bits per heavy atom. The number of ether oxygens (including phenoxy) is 1. The zero-order valence-corrected chi connectivity index (χ0v) is 18.3. The fourth-order valence-electron chi connectivity index (χ4n) is 3.14. The second-order valence-corrected chi connectivity index (χ2v) is 7.59. The molecule has 0 fully saturated rings. The number of nitrogens with zero attached hydrogens (tertiary/aromatic N) is 2. The van der Waals surface area contributed by atoms with Crippen molar-refractivity contribution in [1.29, 1.82) is 0 Å². The van der Waals surface area contributed by atoms with Crippen molar-refractivity contribution < 1.29 is 9.53 Å². The minimum absolute atomic E-state index is 0.219. The summed E-state index contributed by atoms with van der Waals surface area (Å²) < 4.78 is 6.26. The first-order valence-corrected chi connectivity index (χ1v) is 10.4. The minimum atomic E-state index is -0.652. The maximum atomic E-state index is 12.5. The molecule has 0 saturated heterocycles. The molecule has 0 unspecified atom stereocenters. The molecule has 33 heavy (non-hydrogen) atoms. The van der Waals surface area contributed by atoms with Gasteiger partial charge in [-0.25, -0.2) is 4.79 Å². The van der Waals surface area contributed by atoms with E-state index in [4.69, 9.17) is 16.3 Å².